The molecule has 1 aromatic rings. The average molecular weight is 252 g/mol. The minimum atomic E-state index is -0.551. The van der Waals surface area contributed by atoms with Crippen LogP contribution in [0.25, 0.3) is 0 Å². The lowest BCUT2D eigenvalue weighted by Crippen LogP contribution is -2.37. The Labute approximate surface area is 108 Å². The SMILES string of the molecule is CCN1CCCC1CNCc1cccc(F)c1O. The molecule has 0 radical (unpaired) electrons. The predicted octanol–water partition coefficient (Wildman–Crippen LogP) is 2.11. The van der Waals surface area contributed by atoms with Gasteiger partial charge < -0.3 is 10.4 Å². The lowest BCUT2D eigenvalue weighted by atomic mass is 10.1. The molecule has 0 aromatic heterocycles. The standard InChI is InChI=1S/C14H21FN2O/c1-2-17-8-4-6-12(17)10-16-9-11-5-3-7-13(15)14(11)18/h3,5,7,12,16,18H,2,4,6,8-10H2,1H3. The van der Waals surface area contributed by atoms with Crippen LogP contribution in [0, 0.1) is 5.82 Å². The number of hydrogen-bond donors (Lipinski definition) is 2. The van der Waals surface area contributed by atoms with Crippen LogP contribution < -0.4 is 5.32 Å². The van der Waals surface area contributed by atoms with E-state index in [4.69, 9.17) is 0 Å². The number of hydrogen-bond acceptors (Lipinski definition) is 3. The van der Waals surface area contributed by atoms with Crippen LogP contribution >= 0.6 is 0 Å². The van der Waals surface area contributed by atoms with Crippen LogP contribution in [0.2, 0.25) is 0 Å². The molecule has 2 rings (SSSR count). The van der Waals surface area contributed by atoms with E-state index in [0.717, 1.165) is 13.1 Å². The molecule has 1 atom stereocenters. The molecule has 100 valence electrons. The number of halogens is 1. The molecule has 0 spiro atoms. The van der Waals surface area contributed by atoms with Gasteiger partial charge in [0.05, 0.1) is 0 Å². The van der Waals surface area contributed by atoms with Crippen LogP contribution in [0.5, 0.6) is 5.75 Å². The first-order chi connectivity index (χ1) is 8.72. The number of para-hydroxylation sites is 1. The number of likely N-dealkylation sites (N-methyl/N-ethyl adjacent to an activating group) is 1. The second-order valence-corrected chi connectivity index (χ2v) is 4.80. The highest BCUT2D eigenvalue weighted by Crippen LogP contribution is 2.21. The number of rotatable bonds is 5. The molecule has 4 heteroatoms. The van der Waals surface area contributed by atoms with Crippen molar-refractivity contribution in [2.24, 2.45) is 0 Å². The molecule has 1 aromatic carbocycles. The summed E-state index contributed by atoms with van der Waals surface area (Å²) in [6.07, 6.45) is 2.47. The highest BCUT2D eigenvalue weighted by Gasteiger charge is 2.22. The quantitative estimate of drug-likeness (QED) is 0.842. The first-order valence-corrected chi connectivity index (χ1v) is 6.63. The molecule has 1 heterocycles. The Morgan fingerprint density at radius 2 is 2.33 bits per heavy atom. The summed E-state index contributed by atoms with van der Waals surface area (Å²) in [6.45, 7) is 5.84. The molecule has 0 bridgehead atoms. The van der Waals surface area contributed by atoms with E-state index in [0.29, 0.717) is 18.2 Å². The summed E-state index contributed by atoms with van der Waals surface area (Å²) < 4.78 is 13.1. The predicted molar refractivity (Wildman–Crippen MR) is 70.0 cm³/mol. The summed E-state index contributed by atoms with van der Waals surface area (Å²) in [7, 11) is 0. The Hall–Kier alpha value is -1.13. The molecule has 0 saturated carbocycles. The highest BCUT2D eigenvalue weighted by atomic mass is 19.1. The van der Waals surface area contributed by atoms with Crippen molar-refractivity contribution in [1.29, 1.82) is 0 Å². The number of likely N-dealkylation sites (tertiary alicyclic amines) is 1. The Morgan fingerprint density at radius 1 is 1.50 bits per heavy atom. The van der Waals surface area contributed by atoms with Gasteiger partial charge in [-0.1, -0.05) is 19.1 Å². The highest BCUT2D eigenvalue weighted by molar-refractivity contribution is 5.33. The Balaban J connectivity index is 1.83. The van der Waals surface area contributed by atoms with E-state index in [1.54, 1.807) is 12.1 Å². The van der Waals surface area contributed by atoms with E-state index >= 15 is 0 Å². The van der Waals surface area contributed by atoms with Gasteiger partial charge in [0.15, 0.2) is 11.6 Å². The molecule has 1 fully saturated rings. The third-order valence-corrected chi connectivity index (χ3v) is 3.67. The maximum atomic E-state index is 13.1. The topological polar surface area (TPSA) is 35.5 Å². The van der Waals surface area contributed by atoms with Crippen LogP contribution in [0.1, 0.15) is 25.3 Å². The normalized spacial score (nSPS) is 20.4. The van der Waals surface area contributed by atoms with Gasteiger partial charge in [0.1, 0.15) is 0 Å². The smallest absolute Gasteiger partial charge is 0.165 e. The van der Waals surface area contributed by atoms with Crippen molar-refractivity contribution in [2.75, 3.05) is 19.6 Å². The first kappa shape index (κ1) is 13.3. The van der Waals surface area contributed by atoms with Crippen molar-refractivity contribution in [3.8, 4) is 5.75 Å². The zero-order valence-electron chi connectivity index (χ0n) is 10.8. The number of aromatic hydroxyl groups is 1. The van der Waals surface area contributed by atoms with Gasteiger partial charge in [-0.3, -0.25) is 4.90 Å². The molecule has 18 heavy (non-hydrogen) atoms. The maximum absolute atomic E-state index is 13.1. The van der Waals surface area contributed by atoms with Crippen molar-refractivity contribution in [3.05, 3.63) is 29.6 Å². The summed E-state index contributed by atoms with van der Waals surface area (Å²) in [5.74, 6) is -0.783. The monoisotopic (exact) mass is 252 g/mol. The Kier molecular flexibility index (Phi) is 4.55. The fourth-order valence-corrected chi connectivity index (χ4v) is 2.62. The van der Waals surface area contributed by atoms with E-state index in [1.807, 2.05) is 0 Å². The van der Waals surface area contributed by atoms with Gasteiger partial charge in [0.2, 0.25) is 0 Å². The van der Waals surface area contributed by atoms with Crippen molar-refractivity contribution < 1.29 is 9.50 Å². The summed E-state index contributed by atoms with van der Waals surface area (Å²) in [5.41, 5.74) is 0.621. The largest absolute Gasteiger partial charge is 0.505 e. The average Bonchev–Trinajstić information content (AvgIpc) is 2.82. The zero-order valence-corrected chi connectivity index (χ0v) is 10.8. The number of benzene rings is 1. The van der Waals surface area contributed by atoms with Gasteiger partial charge in [0.25, 0.3) is 0 Å². The second-order valence-electron chi connectivity index (χ2n) is 4.80. The van der Waals surface area contributed by atoms with Gasteiger partial charge in [-0.15, -0.1) is 0 Å². The molecule has 1 unspecified atom stereocenters. The summed E-state index contributed by atoms with van der Waals surface area (Å²) in [5, 5.41) is 12.9. The molecule has 1 saturated heterocycles. The number of nitrogens with one attached hydrogen (secondary N) is 1. The van der Waals surface area contributed by atoms with Gasteiger partial charge in [-0.2, -0.15) is 0 Å². The van der Waals surface area contributed by atoms with Crippen molar-refractivity contribution in [2.45, 2.75) is 32.4 Å². The van der Waals surface area contributed by atoms with E-state index < -0.39 is 5.82 Å². The summed E-state index contributed by atoms with van der Waals surface area (Å²) in [6, 6.07) is 5.22. The number of nitrogens with zero attached hydrogens (tertiary/aromatic N) is 1. The van der Waals surface area contributed by atoms with Gasteiger partial charge >= 0.3 is 0 Å². The summed E-state index contributed by atoms with van der Waals surface area (Å²) >= 11 is 0. The van der Waals surface area contributed by atoms with Crippen molar-refractivity contribution in [1.82, 2.24) is 10.2 Å². The van der Waals surface area contributed by atoms with Crippen molar-refractivity contribution >= 4 is 0 Å². The minimum Gasteiger partial charge on any atom is -0.505 e. The molecule has 1 aliphatic heterocycles. The molecule has 1 aliphatic rings. The van der Waals surface area contributed by atoms with Crippen LogP contribution in [-0.2, 0) is 6.54 Å². The fraction of sp³-hybridized carbons (Fsp3) is 0.571. The third-order valence-electron chi connectivity index (χ3n) is 3.67. The van der Waals surface area contributed by atoms with Crippen LogP contribution in [0.4, 0.5) is 4.39 Å². The number of phenols is 1. The van der Waals surface area contributed by atoms with Crippen LogP contribution in [-0.4, -0.2) is 35.7 Å². The zero-order chi connectivity index (χ0) is 13.0. The van der Waals surface area contributed by atoms with E-state index in [-0.39, 0.29) is 5.75 Å². The lowest BCUT2D eigenvalue weighted by molar-refractivity contribution is 0.259. The number of phenolic OH excluding ortho intramolecular Hbond substituents is 1. The van der Waals surface area contributed by atoms with Gasteiger partial charge in [-0.25, -0.2) is 4.39 Å². The molecule has 2 N–H and O–H groups in total. The van der Waals surface area contributed by atoms with Gasteiger partial charge in [0, 0.05) is 24.7 Å². The first-order valence-electron chi connectivity index (χ1n) is 6.63. The Bertz CT molecular complexity index is 397. The van der Waals surface area contributed by atoms with Crippen molar-refractivity contribution in [3.63, 3.8) is 0 Å². The lowest BCUT2D eigenvalue weighted by Gasteiger charge is -2.23. The van der Waals surface area contributed by atoms with Crippen LogP contribution in [0.3, 0.4) is 0 Å². The second kappa shape index (κ2) is 6.16. The Morgan fingerprint density at radius 3 is 3.11 bits per heavy atom. The summed E-state index contributed by atoms with van der Waals surface area (Å²) in [4.78, 5) is 2.46. The maximum Gasteiger partial charge on any atom is 0.165 e. The molecular weight excluding hydrogens is 231 g/mol. The van der Waals surface area contributed by atoms with E-state index in [9.17, 15) is 9.50 Å². The fourth-order valence-electron chi connectivity index (χ4n) is 2.62. The molecular formula is C14H21FN2O. The molecule has 0 amide bonds. The third kappa shape index (κ3) is 3.00. The van der Waals surface area contributed by atoms with E-state index in [1.165, 1.54) is 25.5 Å². The molecule has 3 nitrogen and oxygen atoms in total. The minimum absolute atomic E-state index is 0.233. The van der Waals surface area contributed by atoms with Gasteiger partial charge in [-0.05, 0) is 32.0 Å². The molecule has 0 aliphatic carbocycles. The van der Waals surface area contributed by atoms with Crippen LogP contribution in [0.15, 0.2) is 18.2 Å². The van der Waals surface area contributed by atoms with E-state index in [2.05, 4.69) is 17.1 Å².